The van der Waals surface area contributed by atoms with Crippen LogP contribution in [0.1, 0.15) is 32.2 Å². The summed E-state index contributed by atoms with van der Waals surface area (Å²) in [5, 5.41) is 16.1. The van der Waals surface area contributed by atoms with Crippen LogP contribution in [-0.2, 0) is 4.79 Å². The molecular formula is C17H22N6O. The van der Waals surface area contributed by atoms with Gasteiger partial charge in [-0.3, -0.25) is 4.79 Å². The van der Waals surface area contributed by atoms with E-state index in [0.717, 1.165) is 37.9 Å². The molecule has 126 valence electrons. The Bertz CT molecular complexity index is 701. The Hall–Kier alpha value is -2.28. The monoisotopic (exact) mass is 326 g/mol. The van der Waals surface area contributed by atoms with E-state index in [9.17, 15) is 4.79 Å². The van der Waals surface area contributed by atoms with E-state index >= 15 is 0 Å². The first-order chi connectivity index (χ1) is 11.7. The summed E-state index contributed by atoms with van der Waals surface area (Å²) in [6.45, 7) is 3.73. The average molecular weight is 326 g/mol. The minimum Gasteiger partial charge on any atom is -0.333 e. The van der Waals surface area contributed by atoms with Crippen LogP contribution in [0.4, 0.5) is 0 Å². The fourth-order valence-corrected chi connectivity index (χ4v) is 3.75. The van der Waals surface area contributed by atoms with Crippen molar-refractivity contribution in [1.29, 1.82) is 0 Å². The lowest BCUT2D eigenvalue weighted by molar-refractivity contribution is -0.137. The van der Waals surface area contributed by atoms with Gasteiger partial charge in [-0.2, -0.15) is 4.80 Å². The lowest BCUT2D eigenvalue weighted by Gasteiger charge is -2.29. The molecule has 2 bridgehead atoms. The van der Waals surface area contributed by atoms with Gasteiger partial charge in [0.05, 0.1) is 0 Å². The smallest absolute Gasteiger partial charge is 0.249 e. The Kier molecular flexibility index (Phi) is 4.02. The first kappa shape index (κ1) is 15.3. The van der Waals surface area contributed by atoms with Crippen molar-refractivity contribution in [2.45, 2.75) is 44.3 Å². The highest BCUT2D eigenvalue weighted by Gasteiger charge is 2.40. The summed E-state index contributed by atoms with van der Waals surface area (Å²) in [7, 11) is 0. The molecule has 7 heteroatoms. The van der Waals surface area contributed by atoms with Crippen LogP contribution in [0, 0.1) is 0 Å². The van der Waals surface area contributed by atoms with Gasteiger partial charge in [-0.25, -0.2) is 0 Å². The predicted octanol–water partition coefficient (Wildman–Crippen LogP) is 1.25. The van der Waals surface area contributed by atoms with E-state index in [0.29, 0.717) is 17.9 Å². The van der Waals surface area contributed by atoms with Gasteiger partial charge in [0, 0.05) is 24.2 Å². The van der Waals surface area contributed by atoms with Crippen molar-refractivity contribution in [3.8, 4) is 11.4 Å². The first-order valence-corrected chi connectivity index (χ1v) is 8.62. The molecule has 1 amide bonds. The lowest BCUT2D eigenvalue weighted by Crippen LogP contribution is -2.45. The maximum Gasteiger partial charge on any atom is 0.249 e. The molecule has 1 aromatic heterocycles. The molecule has 0 spiro atoms. The molecule has 2 saturated heterocycles. The summed E-state index contributed by atoms with van der Waals surface area (Å²) in [6.07, 6.45) is 3.20. The van der Waals surface area contributed by atoms with E-state index in [1.807, 2.05) is 37.3 Å². The zero-order valence-electron chi connectivity index (χ0n) is 13.8. The molecule has 4 rings (SSSR count). The average Bonchev–Trinajstić information content (AvgIpc) is 3.18. The molecule has 2 aromatic rings. The van der Waals surface area contributed by atoms with Crippen molar-refractivity contribution in [3.05, 3.63) is 30.3 Å². The summed E-state index contributed by atoms with van der Waals surface area (Å²) in [4.78, 5) is 16.5. The zero-order valence-corrected chi connectivity index (χ0v) is 13.8. The third kappa shape index (κ3) is 2.69. The lowest BCUT2D eigenvalue weighted by atomic mass is 10.1. The van der Waals surface area contributed by atoms with Gasteiger partial charge in [0.2, 0.25) is 11.7 Å². The van der Waals surface area contributed by atoms with Gasteiger partial charge in [0.15, 0.2) is 0 Å². The van der Waals surface area contributed by atoms with Crippen molar-refractivity contribution in [2.24, 2.45) is 0 Å². The molecule has 3 unspecified atom stereocenters. The molecule has 2 aliphatic heterocycles. The number of aromatic nitrogens is 4. The zero-order chi connectivity index (χ0) is 16.5. The van der Waals surface area contributed by atoms with Crippen molar-refractivity contribution < 1.29 is 4.79 Å². The Labute approximate surface area is 141 Å². The van der Waals surface area contributed by atoms with E-state index in [-0.39, 0.29) is 5.91 Å². The molecule has 0 aliphatic carbocycles. The van der Waals surface area contributed by atoms with Gasteiger partial charge in [-0.15, -0.1) is 10.2 Å². The maximum atomic E-state index is 13.0. The third-order valence-electron chi connectivity index (χ3n) is 5.07. The van der Waals surface area contributed by atoms with Crippen molar-refractivity contribution in [3.63, 3.8) is 0 Å². The second-order valence-corrected chi connectivity index (χ2v) is 6.60. The minimum atomic E-state index is -0.434. The summed E-state index contributed by atoms with van der Waals surface area (Å²) in [5.74, 6) is 0.652. The first-order valence-electron chi connectivity index (χ1n) is 8.62. The molecule has 3 atom stereocenters. The van der Waals surface area contributed by atoms with E-state index < -0.39 is 6.04 Å². The van der Waals surface area contributed by atoms with E-state index in [4.69, 9.17) is 0 Å². The molecule has 1 aromatic carbocycles. The fourth-order valence-electron chi connectivity index (χ4n) is 3.75. The topological polar surface area (TPSA) is 75.9 Å². The molecular weight excluding hydrogens is 304 g/mol. The summed E-state index contributed by atoms with van der Waals surface area (Å²) in [5.41, 5.74) is 0.905. The second kappa shape index (κ2) is 6.32. The number of nitrogens with one attached hydrogen (secondary N) is 1. The number of carbonyl (C=O) groups excluding carboxylic acids is 1. The summed E-state index contributed by atoms with van der Waals surface area (Å²) in [6, 6.07) is 9.91. The highest BCUT2D eigenvalue weighted by Crippen LogP contribution is 2.30. The van der Waals surface area contributed by atoms with Gasteiger partial charge in [-0.1, -0.05) is 30.3 Å². The Morgan fingerprint density at radius 1 is 1.21 bits per heavy atom. The molecule has 1 N–H and O–H groups in total. The fraction of sp³-hybridized carbons (Fsp3) is 0.529. The molecule has 2 fully saturated rings. The number of fused-ring (bicyclic) bond motifs is 2. The van der Waals surface area contributed by atoms with Crippen LogP contribution in [0.15, 0.2) is 30.3 Å². The third-order valence-corrected chi connectivity index (χ3v) is 5.07. The van der Waals surface area contributed by atoms with Crippen LogP contribution in [0.2, 0.25) is 0 Å². The number of hydrogen-bond donors (Lipinski definition) is 1. The summed E-state index contributed by atoms with van der Waals surface area (Å²) < 4.78 is 0. The van der Waals surface area contributed by atoms with Crippen LogP contribution >= 0.6 is 0 Å². The Balaban J connectivity index is 1.54. The van der Waals surface area contributed by atoms with Gasteiger partial charge >= 0.3 is 0 Å². The number of tetrazole rings is 1. The van der Waals surface area contributed by atoms with Gasteiger partial charge in [0.25, 0.3) is 0 Å². The molecule has 0 saturated carbocycles. The van der Waals surface area contributed by atoms with Crippen LogP contribution in [0.5, 0.6) is 0 Å². The number of hydrogen-bond acceptors (Lipinski definition) is 5. The molecule has 3 heterocycles. The van der Waals surface area contributed by atoms with Gasteiger partial charge in [0.1, 0.15) is 6.04 Å². The van der Waals surface area contributed by atoms with Crippen molar-refractivity contribution in [2.75, 3.05) is 13.1 Å². The van der Waals surface area contributed by atoms with E-state index in [1.165, 1.54) is 4.80 Å². The van der Waals surface area contributed by atoms with Gasteiger partial charge in [-0.05, 0) is 37.9 Å². The summed E-state index contributed by atoms with van der Waals surface area (Å²) >= 11 is 0. The Morgan fingerprint density at radius 3 is 2.83 bits per heavy atom. The number of rotatable bonds is 3. The number of amides is 1. The van der Waals surface area contributed by atoms with Crippen LogP contribution in [0.3, 0.4) is 0 Å². The molecule has 24 heavy (non-hydrogen) atoms. The number of nitrogens with zero attached hydrogens (tertiary/aromatic N) is 5. The molecule has 2 aliphatic rings. The standard InChI is InChI=1S/C17H22N6O/c1-12(17(24)22-14-7-8-15(22)11-18-10-9-14)23-20-16(19-21-23)13-5-3-2-4-6-13/h2-6,12,14-15,18H,7-11H2,1H3. The van der Waals surface area contributed by atoms with Crippen LogP contribution < -0.4 is 5.32 Å². The van der Waals surface area contributed by atoms with Crippen molar-refractivity contribution in [1.82, 2.24) is 30.4 Å². The van der Waals surface area contributed by atoms with Crippen LogP contribution in [0.25, 0.3) is 11.4 Å². The molecule has 0 radical (unpaired) electrons. The largest absolute Gasteiger partial charge is 0.333 e. The van der Waals surface area contributed by atoms with E-state index in [1.54, 1.807) is 0 Å². The highest BCUT2D eigenvalue weighted by molar-refractivity contribution is 5.81. The number of carbonyl (C=O) groups is 1. The number of benzene rings is 1. The highest BCUT2D eigenvalue weighted by atomic mass is 16.2. The second-order valence-electron chi connectivity index (χ2n) is 6.60. The maximum absolute atomic E-state index is 13.0. The van der Waals surface area contributed by atoms with Gasteiger partial charge < -0.3 is 10.2 Å². The molecule has 7 nitrogen and oxygen atoms in total. The van der Waals surface area contributed by atoms with Crippen LogP contribution in [-0.4, -0.2) is 56.2 Å². The minimum absolute atomic E-state index is 0.100. The normalized spacial score (nSPS) is 24.6. The van der Waals surface area contributed by atoms with E-state index in [2.05, 4.69) is 25.6 Å². The SMILES string of the molecule is CC(C(=O)N1C2CCNCC1CC2)n1nnc(-c2ccccc2)n1. The predicted molar refractivity (Wildman–Crippen MR) is 89.1 cm³/mol. The Morgan fingerprint density at radius 2 is 2.00 bits per heavy atom. The quantitative estimate of drug-likeness (QED) is 0.919. The van der Waals surface area contributed by atoms with Crippen molar-refractivity contribution >= 4 is 5.91 Å².